The Balaban J connectivity index is 2.24. The van der Waals surface area contributed by atoms with E-state index in [9.17, 15) is 0 Å². The van der Waals surface area contributed by atoms with Crippen LogP contribution in [-0.2, 0) is 6.42 Å². The lowest BCUT2D eigenvalue weighted by Crippen LogP contribution is -1.81. The molecule has 0 amide bonds. The number of hydrogen-bond acceptors (Lipinski definition) is 0. The molecule has 2 aromatic carbocycles. The molecular weight excluding hydrogens is 192 g/mol. The lowest BCUT2D eigenvalue weighted by atomic mass is 10.1. The predicted octanol–water partition coefficient (Wildman–Crippen LogP) is 3.65. The van der Waals surface area contributed by atoms with Gasteiger partial charge in [-0.1, -0.05) is 49.1 Å². The first-order valence-electron chi connectivity index (χ1n) is 5.54. The van der Waals surface area contributed by atoms with E-state index in [-0.39, 0.29) is 0 Å². The largest absolute Gasteiger partial charge is 0.0622 e. The van der Waals surface area contributed by atoms with Gasteiger partial charge in [-0.2, -0.15) is 0 Å². The van der Waals surface area contributed by atoms with Crippen molar-refractivity contribution in [1.29, 1.82) is 0 Å². The molecule has 0 nitrogen and oxygen atoms in total. The van der Waals surface area contributed by atoms with Gasteiger partial charge in [0.2, 0.25) is 0 Å². The summed E-state index contributed by atoms with van der Waals surface area (Å²) < 4.78 is 0. The second-order valence-electron chi connectivity index (χ2n) is 3.67. The summed E-state index contributed by atoms with van der Waals surface area (Å²) in [6, 6.07) is 18.5. The quantitative estimate of drug-likeness (QED) is 0.625. The Bertz CT molecular complexity index is 512. The molecule has 2 rings (SSSR count). The van der Waals surface area contributed by atoms with E-state index in [4.69, 9.17) is 0 Å². The van der Waals surface area contributed by atoms with Crippen LogP contribution in [0.1, 0.15) is 23.6 Å². The number of benzene rings is 2. The number of aryl methyl sites for hydroxylation is 1. The maximum atomic E-state index is 3.19. The zero-order valence-electron chi connectivity index (χ0n) is 9.40. The van der Waals surface area contributed by atoms with Crippen LogP contribution < -0.4 is 0 Å². The molecule has 0 saturated heterocycles. The lowest BCUT2D eigenvalue weighted by Gasteiger charge is -1.95. The second kappa shape index (κ2) is 5.19. The maximum absolute atomic E-state index is 3.19. The zero-order chi connectivity index (χ0) is 11.2. The number of rotatable bonds is 1. The third-order valence-electron chi connectivity index (χ3n) is 2.46. The van der Waals surface area contributed by atoms with Crippen LogP contribution in [0, 0.1) is 11.8 Å². The van der Waals surface area contributed by atoms with Crippen LogP contribution >= 0.6 is 0 Å². The summed E-state index contributed by atoms with van der Waals surface area (Å²) in [4.78, 5) is 0. The van der Waals surface area contributed by atoms with Gasteiger partial charge in [-0.15, -0.1) is 0 Å². The molecular formula is C16H14. The van der Waals surface area contributed by atoms with E-state index in [0.29, 0.717) is 0 Å². The summed E-state index contributed by atoms with van der Waals surface area (Å²) in [7, 11) is 0. The lowest BCUT2D eigenvalue weighted by molar-refractivity contribution is 1.14. The summed E-state index contributed by atoms with van der Waals surface area (Å²) in [5.41, 5.74) is 3.48. The van der Waals surface area contributed by atoms with Gasteiger partial charge in [-0.25, -0.2) is 0 Å². The Morgan fingerprint density at radius 1 is 0.812 bits per heavy atom. The van der Waals surface area contributed by atoms with Gasteiger partial charge in [0.1, 0.15) is 0 Å². The van der Waals surface area contributed by atoms with Crippen molar-refractivity contribution in [3.05, 3.63) is 71.3 Å². The topological polar surface area (TPSA) is 0 Å². The minimum Gasteiger partial charge on any atom is -0.0622 e. The van der Waals surface area contributed by atoms with Crippen molar-refractivity contribution in [1.82, 2.24) is 0 Å². The Morgan fingerprint density at radius 3 is 2.25 bits per heavy atom. The van der Waals surface area contributed by atoms with Crippen LogP contribution in [0.25, 0.3) is 0 Å². The third-order valence-corrected chi connectivity index (χ3v) is 2.46. The van der Waals surface area contributed by atoms with Crippen LogP contribution in [0.4, 0.5) is 0 Å². The molecule has 0 spiro atoms. The van der Waals surface area contributed by atoms with Crippen LogP contribution in [0.5, 0.6) is 0 Å². The highest BCUT2D eigenvalue weighted by Crippen LogP contribution is 2.05. The zero-order valence-corrected chi connectivity index (χ0v) is 9.40. The predicted molar refractivity (Wildman–Crippen MR) is 68.2 cm³/mol. The first-order chi connectivity index (χ1) is 7.88. The molecule has 0 heterocycles. The van der Waals surface area contributed by atoms with E-state index in [1.807, 2.05) is 30.3 Å². The Kier molecular flexibility index (Phi) is 3.41. The van der Waals surface area contributed by atoms with Gasteiger partial charge in [0.05, 0.1) is 0 Å². The maximum Gasteiger partial charge on any atom is 0.0251 e. The van der Waals surface area contributed by atoms with Gasteiger partial charge in [0, 0.05) is 11.1 Å². The molecule has 0 aromatic heterocycles. The van der Waals surface area contributed by atoms with Crippen LogP contribution in [0.3, 0.4) is 0 Å². The monoisotopic (exact) mass is 206 g/mol. The third kappa shape index (κ3) is 2.74. The number of hydrogen-bond donors (Lipinski definition) is 0. The molecule has 78 valence electrons. The van der Waals surface area contributed by atoms with Crippen molar-refractivity contribution in [3.8, 4) is 11.8 Å². The fourth-order valence-corrected chi connectivity index (χ4v) is 1.53. The Hall–Kier alpha value is -2.00. The molecule has 0 atom stereocenters. The first kappa shape index (κ1) is 10.5. The summed E-state index contributed by atoms with van der Waals surface area (Å²) in [6.07, 6.45) is 1.06. The van der Waals surface area contributed by atoms with Gasteiger partial charge in [0.25, 0.3) is 0 Å². The van der Waals surface area contributed by atoms with Crippen molar-refractivity contribution in [2.45, 2.75) is 13.3 Å². The molecule has 0 saturated carbocycles. The molecule has 0 bridgehead atoms. The highest BCUT2D eigenvalue weighted by molar-refractivity contribution is 5.43. The summed E-state index contributed by atoms with van der Waals surface area (Å²) in [6.45, 7) is 2.16. The summed E-state index contributed by atoms with van der Waals surface area (Å²) in [5.74, 6) is 6.35. The molecule has 0 aliphatic heterocycles. The first-order valence-corrected chi connectivity index (χ1v) is 5.54. The van der Waals surface area contributed by atoms with Crippen LogP contribution in [-0.4, -0.2) is 0 Å². The van der Waals surface area contributed by atoms with Crippen molar-refractivity contribution < 1.29 is 0 Å². The molecule has 0 radical (unpaired) electrons. The van der Waals surface area contributed by atoms with Crippen molar-refractivity contribution >= 4 is 0 Å². The molecule has 2 aromatic rings. The SMILES string of the molecule is CCc1cccc(C#Cc2ccccc2)c1. The smallest absolute Gasteiger partial charge is 0.0251 e. The molecule has 0 aliphatic carbocycles. The standard InChI is InChI=1S/C16H14/c1-2-14-9-6-10-16(13-14)12-11-15-7-4-3-5-8-15/h3-10,13H,2H2,1H3. The summed E-state index contributed by atoms with van der Waals surface area (Å²) in [5, 5.41) is 0. The second-order valence-corrected chi connectivity index (χ2v) is 3.67. The fraction of sp³-hybridized carbons (Fsp3) is 0.125. The van der Waals surface area contributed by atoms with E-state index in [2.05, 4.69) is 43.0 Å². The molecule has 0 aliphatic rings. The van der Waals surface area contributed by atoms with Gasteiger partial charge in [0.15, 0.2) is 0 Å². The van der Waals surface area contributed by atoms with E-state index in [1.54, 1.807) is 0 Å². The molecule has 0 N–H and O–H groups in total. The van der Waals surface area contributed by atoms with E-state index in [1.165, 1.54) is 5.56 Å². The van der Waals surface area contributed by atoms with Crippen LogP contribution in [0.2, 0.25) is 0 Å². The fourth-order valence-electron chi connectivity index (χ4n) is 1.53. The van der Waals surface area contributed by atoms with E-state index < -0.39 is 0 Å². The molecule has 0 unspecified atom stereocenters. The molecule has 0 heteroatoms. The van der Waals surface area contributed by atoms with E-state index in [0.717, 1.165) is 17.5 Å². The summed E-state index contributed by atoms with van der Waals surface area (Å²) >= 11 is 0. The minimum atomic E-state index is 1.06. The highest BCUT2D eigenvalue weighted by Gasteiger charge is 1.90. The normalized spacial score (nSPS) is 9.31. The Labute approximate surface area is 96.9 Å². The Morgan fingerprint density at radius 2 is 1.50 bits per heavy atom. The van der Waals surface area contributed by atoms with Gasteiger partial charge < -0.3 is 0 Å². The van der Waals surface area contributed by atoms with Gasteiger partial charge >= 0.3 is 0 Å². The average Bonchev–Trinajstić information content (AvgIpc) is 2.38. The molecule has 16 heavy (non-hydrogen) atoms. The minimum absolute atomic E-state index is 1.06. The average molecular weight is 206 g/mol. The van der Waals surface area contributed by atoms with Crippen LogP contribution in [0.15, 0.2) is 54.6 Å². The molecule has 0 fully saturated rings. The van der Waals surface area contributed by atoms with Gasteiger partial charge in [-0.3, -0.25) is 0 Å². The van der Waals surface area contributed by atoms with E-state index >= 15 is 0 Å². The van der Waals surface area contributed by atoms with Crippen molar-refractivity contribution in [3.63, 3.8) is 0 Å². The highest BCUT2D eigenvalue weighted by atomic mass is 13.9. The van der Waals surface area contributed by atoms with Crippen molar-refractivity contribution in [2.75, 3.05) is 0 Å². The van der Waals surface area contributed by atoms with Crippen molar-refractivity contribution in [2.24, 2.45) is 0 Å². The van der Waals surface area contributed by atoms with Gasteiger partial charge in [-0.05, 0) is 36.2 Å².